The van der Waals surface area contributed by atoms with E-state index in [1.807, 2.05) is 19.1 Å². The maximum absolute atomic E-state index is 12.4. The van der Waals surface area contributed by atoms with Gasteiger partial charge in [0, 0.05) is 13.0 Å². The van der Waals surface area contributed by atoms with Gasteiger partial charge in [-0.15, -0.1) is 0 Å². The number of nitrogens with one attached hydrogen (secondary N) is 2. The quantitative estimate of drug-likeness (QED) is 0.712. The highest BCUT2D eigenvalue weighted by Gasteiger charge is 2.21. The van der Waals surface area contributed by atoms with Crippen molar-refractivity contribution in [2.45, 2.75) is 56.4 Å². The van der Waals surface area contributed by atoms with E-state index in [0.717, 1.165) is 31.2 Å². The molecule has 0 radical (unpaired) electrons. The second-order valence-corrected chi connectivity index (χ2v) is 9.02. The molecule has 1 aliphatic rings. The number of rotatable bonds is 8. The van der Waals surface area contributed by atoms with E-state index in [4.69, 9.17) is 0 Å². The van der Waals surface area contributed by atoms with Crippen LogP contribution in [0.3, 0.4) is 0 Å². The SMILES string of the molecule is CCCNS(=O)(=O)c1ccc(CCC(=O)NC2CCCc3ccccc32)cc1. The lowest BCUT2D eigenvalue weighted by Crippen LogP contribution is -2.31. The lowest BCUT2D eigenvalue weighted by molar-refractivity contribution is -0.121. The molecule has 6 heteroatoms. The van der Waals surface area contributed by atoms with E-state index in [1.165, 1.54) is 11.1 Å². The van der Waals surface area contributed by atoms with Crippen LogP contribution in [0.4, 0.5) is 0 Å². The molecule has 0 aromatic heterocycles. The van der Waals surface area contributed by atoms with Crippen LogP contribution in [0.25, 0.3) is 0 Å². The first-order valence-electron chi connectivity index (χ1n) is 9.95. The number of carbonyl (C=O) groups is 1. The van der Waals surface area contributed by atoms with E-state index >= 15 is 0 Å². The zero-order valence-corrected chi connectivity index (χ0v) is 17.1. The topological polar surface area (TPSA) is 75.3 Å². The molecule has 0 fully saturated rings. The lowest BCUT2D eigenvalue weighted by Gasteiger charge is -2.26. The zero-order chi connectivity index (χ0) is 20.0. The molecule has 0 spiro atoms. The summed E-state index contributed by atoms with van der Waals surface area (Å²) in [5, 5.41) is 3.16. The van der Waals surface area contributed by atoms with Crippen LogP contribution in [0.15, 0.2) is 53.4 Å². The third-order valence-corrected chi connectivity index (χ3v) is 6.60. The predicted molar refractivity (Wildman–Crippen MR) is 111 cm³/mol. The first kappa shape index (κ1) is 20.6. The number of carbonyl (C=O) groups excluding carboxylic acids is 1. The van der Waals surface area contributed by atoms with Gasteiger partial charge in [0.2, 0.25) is 15.9 Å². The average molecular weight is 401 g/mol. The summed E-state index contributed by atoms with van der Waals surface area (Å²) >= 11 is 0. The second kappa shape index (κ2) is 9.34. The number of hydrogen-bond donors (Lipinski definition) is 2. The van der Waals surface area contributed by atoms with Crippen molar-refractivity contribution in [1.82, 2.24) is 10.0 Å². The maximum atomic E-state index is 12.4. The molecule has 5 nitrogen and oxygen atoms in total. The number of hydrogen-bond acceptors (Lipinski definition) is 3. The predicted octanol–water partition coefficient (Wildman–Crippen LogP) is 3.50. The van der Waals surface area contributed by atoms with Crippen molar-refractivity contribution in [3.8, 4) is 0 Å². The third-order valence-electron chi connectivity index (χ3n) is 5.12. The molecule has 2 aromatic carbocycles. The first-order chi connectivity index (χ1) is 13.5. The minimum absolute atomic E-state index is 0.0306. The van der Waals surface area contributed by atoms with Crippen LogP contribution >= 0.6 is 0 Å². The van der Waals surface area contributed by atoms with E-state index in [0.29, 0.717) is 19.4 Å². The average Bonchev–Trinajstić information content (AvgIpc) is 2.71. The Kier molecular flexibility index (Phi) is 6.86. The van der Waals surface area contributed by atoms with Gasteiger partial charge in [-0.25, -0.2) is 13.1 Å². The normalized spacial score (nSPS) is 16.4. The summed E-state index contributed by atoms with van der Waals surface area (Å²) in [5.74, 6) is 0.0306. The molecule has 0 saturated carbocycles. The van der Waals surface area contributed by atoms with Crippen molar-refractivity contribution in [2.75, 3.05) is 6.54 Å². The van der Waals surface area contributed by atoms with Crippen LogP contribution in [0.2, 0.25) is 0 Å². The van der Waals surface area contributed by atoms with Crippen molar-refractivity contribution in [3.05, 3.63) is 65.2 Å². The fourth-order valence-corrected chi connectivity index (χ4v) is 4.72. The van der Waals surface area contributed by atoms with Crippen LogP contribution < -0.4 is 10.0 Å². The second-order valence-electron chi connectivity index (χ2n) is 7.25. The molecule has 0 aliphatic heterocycles. The fraction of sp³-hybridized carbons (Fsp3) is 0.409. The van der Waals surface area contributed by atoms with Crippen molar-refractivity contribution >= 4 is 15.9 Å². The van der Waals surface area contributed by atoms with Crippen LogP contribution in [-0.2, 0) is 27.7 Å². The lowest BCUT2D eigenvalue weighted by atomic mass is 9.87. The molecular formula is C22H28N2O3S. The van der Waals surface area contributed by atoms with Gasteiger partial charge in [0.25, 0.3) is 0 Å². The molecular weight excluding hydrogens is 372 g/mol. The van der Waals surface area contributed by atoms with Gasteiger partial charge in [-0.3, -0.25) is 4.79 Å². The Hall–Kier alpha value is -2.18. The summed E-state index contributed by atoms with van der Waals surface area (Å²) in [6.45, 7) is 2.34. The summed E-state index contributed by atoms with van der Waals surface area (Å²) in [6.07, 6.45) is 4.86. The smallest absolute Gasteiger partial charge is 0.240 e. The van der Waals surface area contributed by atoms with E-state index in [-0.39, 0.29) is 16.8 Å². The molecule has 1 atom stereocenters. The van der Waals surface area contributed by atoms with E-state index in [1.54, 1.807) is 24.3 Å². The fourth-order valence-electron chi connectivity index (χ4n) is 3.58. The number of benzene rings is 2. The largest absolute Gasteiger partial charge is 0.349 e. The Balaban J connectivity index is 1.54. The van der Waals surface area contributed by atoms with Gasteiger partial charge in [-0.1, -0.05) is 43.3 Å². The highest BCUT2D eigenvalue weighted by atomic mass is 32.2. The summed E-state index contributed by atoms with van der Waals surface area (Å²) in [4.78, 5) is 12.7. The molecule has 1 aliphatic carbocycles. The molecule has 28 heavy (non-hydrogen) atoms. The first-order valence-corrected chi connectivity index (χ1v) is 11.4. The van der Waals surface area contributed by atoms with Gasteiger partial charge >= 0.3 is 0 Å². The van der Waals surface area contributed by atoms with Gasteiger partial charge in [0.05, 0.1) is 10.9 Å². The molecule has 0 heterocycles. The zero-order valence-electron chi connectivity index (χ0n) is 16.3. The monoisotopic (exact) mass is 400 g/mol. The number of amides is 1. The Morgan fingerprint density at radius 3 is 2.61 bits per heavy atom. The van der Waals surface area contributed by atoms with Crippen molar-refractivity contribution < 1.29 is 13.2 Å². The Bertz CT molecular complexity index is 908. The van der Waals surface area contributed by atoms with Crippen molar-refractivity contribution in [3.63, 3.8) is 0 Å². The van der Waals surface area contributed by atoms with E-state index in [2.05, 4.69) is 22.2 Å². The summed E-state index contributed by atoms with van der Waals surface area (Å²) in [5.41, 5.74) is 3.51. The molecule has 2 N–H and O–H groups in total. The third kappa shape index (κ3) is 5.20. The van der Waals surface area contributed by atoms with Gasteiger partial charge in [0.15, 0.2) is 0 Å². The highest BCUT2D eigenvalue weighted by molar-refractivity contribution is 7.89. The maximum Gasteiger partial charge on any atom is 0.240 e. The molecule has 0 saturated heterocycles. The number of aryl methyl sites for hydroxylation is 2. The Labute approximate surface area is 167 Å². The van der Waals surface area contributed by atoms with Gasteiger partial charge in [0.1, 0.15) is 0 Å². The van der Waals surface area contributed by atoms with E-state index in [9.17, 15) is 13.2 Å². The molecule has 150 valence electrons. The van der Waals surface area contributed by atoms with Crippen LogP contribution in [0, 0.1) is 0 Å². The van der Waals surface area contributed by atoms with Crippen LogP contribution in [-0.4, -0.2) is 20.9 Å². The summed E-state index contributed by atoms with van der Waals surface area (Å²) in [7, 11) is -3.45. The molecule has 1 unspecified atom stereocenters. The molecule has 2 aromatic rings. The Morgan fingerprint density at radius 1 is 1.11 bits per heavy atom. The molecule has 3 rings (SSSR count). The molecule has 0 bridgehead atoms. The summed E-state index contributed by atoms with van der Waals surface area (Å²) < 4.78 is 26.8. The Morgan fingerprint density at radius 2 is 1.86 bits per heavy atom. The van der Waals surface area contributed by atoms with Crippen molar-refractivity contribution in [1.29, 1.82) is 0 Å². The van der Waals surface area contributed by atoms with Gasteiger partial charge < -0.3 is 5.32 Å². The standard InChI is InChI=1S/C22H28N2O3S/c1-2-16-23-28(26,27)19-13-10-17(11-14-19)12-15-22(25)24-21-9-5-7-18-6-3-4-8-20(18)21/h3-4,6,8,10-11,13-14,21,23H,2,5,7,9,12,15-16H2,1H3,(H,24,25). The van der Waals surface area contributed by atoms with E-state index < -0.39 is 10.0 Å². The molecule has 1 amide bonds. The summed E-state index contributed by atoms with van der Waals surface area (Å²) in [6, 6.07) is 15.2. The van der Waals surface area contributed by atoms with Crippen LogP contribution in [0.1, 0.15) is 55.3 Å². The van der Waals surface area contributed by atoms with Gasteiger partial charge in [-0.2, -0.15) is 0 Å². The number of fused-ring (bicyclic) bond motifs is 1. The van der Waals surface area contributed by atoms with Crippen LogP contribution in [0.5, 0.6) is 0 Å². The van der Waals surface area contributed by atoms with Gasteiger partial charge in [-0.05, 0) is 60.9 Å². The minimum atomic E-state index is -3.45. The minimum Gasteiger partial charge on any atom is -0.349 e. The highest BCUT2D eigenvalue weighted by Crippen LogP contribution is 2.29. The van der Waals surface area contributed by atoms with Crippen molar-refractivity contribution in [2.24, 2.45) is 0 Å². The number of sulfonamides is 1.